The smallest absolute Gasteiger partial charge is 0.416 e. The third kappa shape index (κ3) is 4.11. The fourth-order valence-corrected chi connectivity index (χ4v) is 2.48. The predicted molar refractivity (Wildman–Crippen MR) is 91.0 cm³/mol. The summed E-state index contributed by atoms with van der Waals surface area (Å²) in [5, 5.41) is 3.42. The first-order chi connectivity index (χ1) is 12.4. The number of rotatable bonds is 5. The lowest BCUT2D eigenvalue weighted by atomic mass is 10.1. The number of para-hydroxylation sites is 1. The molecule has 1 heterocycles. The summed E-state index contributed by atoms with van der Waals surface area (Å²) >= 11 is 0. The molecule has 0 aliphatic carbocycles. The molecule has 4 nitrogen and oxygen atoms in total. The zero-order valence-corrected chi connectivity index (χ0v) is 13.6. The maximum atomic E-state index is 12.7. The maximum Gasteiger partial charge on any atom is 0.416 e. The van der Waals surface area contributed by atoms with Crippen LogP contribution >= 0.6 is 0 Å². The molecule has 0 bridgehead atoms. The molecule has 2 aromatic carbocycles. The van der Waals surface area contributed by atoms with Crippen LogP contribution in [0.1, 0.15) is 15.9 Å². The van der Waals surface area contributed by atoms with E-state index in [0.717, 1.165) is 17.5 Å². The Balaban J connectivity index is 1.58. The summed E-state index contributed by atoms with van der Waals surface area (Å²) in [6.45, 7) is 0.210. The number of carbonyl (C=O) groups is 1. The largest absolute Gasteiger partial charge is 0.492 e. The number of aromatic nitrogens is 1. The van der Waals surface area contributed by atoms with Crippen molar-refractivity contribution in [2.45, 2.75) is 6.18 Å². The van der Waals surface area contributed by atoms with Crippen molar-refractivity contribution in [2.75, 3.05) is 13.2 Å². The maximum absolute atomic E-state index is 12.7. The van der Waals surface area contributed by atoms with Crippen molar-refractivity contribution in [1.29, 1.82) is 0 Å². The van der Waals surface area contributed by atoms with E-state index in [2.05, 4.69) is 10.3 Å². The lowest BCUT2D eigenvalue weighted by Crippen LogP contribution is -2.28. The van der Waals surface area contributed by atoms with E-state index in [-0.39, 0.29) is 24.8 Å². The van der Waals surface area contributed by atoms with Crippen LogP contribution in [0, 0.1) is 0 Å². The zero-order chi connectivity index (χ0) is 18.6. The first-order valence-electron chi connectivity index (χ1n) is 7.87. The van der Waals surface area contributed by atoms with Gasteiger partial charge in [0.05, 0.1) is 23.2 Å². The van der Waals surface area contributed by atoms with E-state index in [1.807, 2.05) is 18.2 Å². The van der Waals surface area contributed by atoms with Crippen molar-refractivity contribution < 1.29 is 22.7 Å². The van der Waals surface area contributed by atoms with Crippen molar-refractivity contribution in [1.82, 2.24) is 10.3 Å². The molecule has 1 amide bonds. The van der Waals surface area contributed by atoms with Crippen molar-refractivity contribution >= 4 is 16.8 Å². The molecule has 1 aromatic heterocycles. The average Bonchev–Trinajstić information content (AvgIpc) is 2.64. The van der Waals surface area contributed by atoms with Gasteiger partial charge in [-0.2, -0.15) is 13.2 Å². The highest BCUT2D eigenvalue weighted by Crippen LogP contribution is 2.31. The van der Waals surface area contributed by atoms with Crippen molar-refractivity contribution in [3.05, 3.63) is 71.9 Å². The monoisotopic (exact) mass is 360 g/mol. The van der Waals surface area contributed by atoms with Gasteiger partial charge in [-0.1, -0.05) is 24.3 Å². The number of benzene rings is 2. The number of halogens is 3. The van der Waals surface area contributed by atoms with Gasteiger partial charge < -0.3 is 10.1 Å². The lowest BCUT2D eigenvalue weighted by Gasteiger charge is -2.11. The number of hydrogen-bond acceptors (Lipinski definition) is 3. The highest BCUT2D eigenvalue weighted by molar-refractivity contribution is 6.05. The number of nitrogens with zero attached hydrogens (tertiary/aromatic N) is 1. The van der Waals surface area contributed by atoms with Crippen LogP contribution in [0.15, 0.2) is 60.8 Å². The summed E-state index contributed by atoms with van der Waals surface area (Å²) in [7, 11) is 0. The quantitative estimate of drug-likeness (QED) is 0.698. The topological polar surface area (TPSA) is 51.2 Å². The Kier molecular flexibility index (Phi) is 5.06. The van der Waals surface area contributed by atoms with Crippen LogP contribution in [0.5, 0.6) is 5.75 Å². The van der Waals surface area contributed by atoms with Gasteiger partial charge >= 0.3 is 6.18 Å². The van der Waals surface area contributed by atoms with Crippen LogP contribution in [0.3, 0.4) is 0 Å². The molecule has 0 saturated carbocycles. The Morgan fingerprint density at radius 1 is 1.08 bits per heavy atom. The first-order valence-corrected chi connectivity index (χ1v) is 7.87. The molecule has 134 valence electrons. The summed E-state index contributed by atoms with van der Waals surface area (Å²) in [5.74, 6) is -0.195. The molecule has 0 fully saturated rings. The first kappa shape index (κ1) is 17.7. The third-order valence-electron chi connectivity index (χ3n) is 3.71. The Morgan fingerprint density at radius 3 is 2.69 bits per heavy atom. The number of carbonyl (C=O) groups excluding carboxylic acids is 1. The number of fused-ring (bicyclic) bond motifs is 1. The second kappa shape index (κ2) is 7.43. The fourth-order valence-electron chi connectivity index (χ4n) is 2.48. The Labute approximate surface area is 147 Å². The summed E-state index contributed by atoms with van der Waals surface area (Å²) in [5.41, 5.74) is 0.414. The van der Waals surface area contributed by atoms with E-state index in [9.17, 15) is 18.0 Å². The molecule has 3 rings (SSSR count). The molecule has 0 saturated heterocycles. The Bertz CT molecular complexity index is 921. The third-order valence-corrected chi connectivity index (χ3v) is 3.71. The summed E-state index contributed by atoms with van der Waals surface area (Å²) in [4.78, 5) is 16.5. The van der Waals surface area contributed by atoms with Crippen LogP contribution in [-0.4, -0.2) is 24.0 Å². The summed E-state index contributed by atoms with van der Waals surface area (Å²) in [6.07, 6.45) is -2.87. The van der Waals surface area contributed by atoms with Gasteiger partial charge in [-0.25, -0.2) is 0 Å². The van der Waals surface area contributed by atoms with Gasteiger partial charge in [-0.05, 0) is 30.3 Å². The SMILES string of the molecule is O=C(NCCOc1cccc(C(F)(F)F)c1)c1ccnc2ccccc12. The second-order valence-electron chi connectivity index (χ2n) is 5.51. The molecule has 0 aliphatic heterocycles. The molecule has 0 spiro atoms. The average molecular weight is 360 g/mol. The standard InChI is InChI=1S/C19H15F3N2O2/c20-19(21,22)13-4-3-5-14(12-13)26-11-10-24-18(25)16-8-9-23-17-7-2-1-6-15(16)17/h1-9,12H,10-11H2,(H,24,25). The second-order valence-corrected chi connectivity index (χ2v) is 5.51. The molecular formula is C19H15F3N2O2. The van der Waals surface area contributed by atoms with Crippen LogP contribution in [0.2, 0.25) is 0 Å². The number of ether oxygens (including phenoxy) is 1. The van der Waals surface area contributed by atoms with Crippen molar-refractivity contribution in [2.24, 2.45) is 0 Å². The van der Waals surface area contributed by atoms with E-state index in [1.54, 1.807) is 18.3 Å². The van der Waals surface area contributed by atoms with Crippen molar-refractivity contribution in [3.63, 3.8) is 0 Å². The van der Waals surface area contributed by atoms with E-state index in [1.165, 1.54) is 12.1 Å². The fraction of sp³-hybridized carbons (Fsp3) is 0.158. The molecule has 3 aromatic rings. The minimum atomic E-state index is -4.42. The Hall–Kier alpha value is -3.09. The van der Waals surface area contributed by atoms with Crippen molar-refractivity contribution in [3.8, 4) is 5.75 Å². The summed E-state index contributed by atoms with van der Waals surface area (Å²) < 4.78 is 43.3. The molecular weight excluding hydrogens is 345 g/mol. The lowest BCUT2D eigenvalue weighted by molar-refractivity contribution is -0.137. The highest BCUT2D eigenvalue weighted by atomic mass is 19.4. The summed E-state index contributed by atoms with van der Waals surface area (Å²) in [6, 6.07) is 13.5. The molecule has 7 heteroatoms. The molecule has 0 unspecified atom stereocenters. The van der Waals surface area contributed by atoms with E-state index < -0.39 is 11.7 Å². The van der Waals surface area contributed by atoms with E-state index in [4.69, 9.17) is 4.74 Å². The minimum Gasteiger partial charge on any atom is -0.492 e. The van der Waals surface area contributed by atoms with Crippen LogP contribution in [-0.2, 0) is 6.18 Å². The zero-order valence-electron chi connectivity index (χ0n) is 13.6. The Morgan fingerprint density at radius 2 is 1.88 bits per heavy atom. The number of amides is 1. The highest BCUT2D eigenvalue weighted by Gasteiger charge is 2.30. The number of hydrogen-bond donors (Lipinski definition) is 1. The van der Waals surface area contributed by atoms with Gasteiger partial charge in [-0.15, -0.1) is 0 Å². The number of alkyl halides is 3. The number of pyridine rings is 1. The molecule has 0 aliphatic rings. The minimum absolute atomic E-state index is 0.0517. The van der Waals surface area contributed by atoms with Gasteiger partial charge in [0.15, 0.2) is 0 Å². The van der Waals surface area contributed by atoms with Gasteiger partial charge in [0, 0.05) is 11.6 Å². The number of nitrogens with one attached hydrogen (secondary N) is 1. The van der Waals surface area contributed by atoms with Crippen LogP contribution < -0.4 is 10.1 Å². The van der Waals surface area contributed by atoms with E-state index in [0.29, 0.717) is 11.1 Å². The van der Waals surface area contributed by atoms with Gasteiger partial charge in [0.1, 0.15) is 12.4 Å². The van der Waals surface area contributed by atoms with Gasteiger partial charge in [0.2, 0.25) is 0 Å². The molecule has 0 radical (unpaired) electrons. The predicted octanol–water partition coefficient (Wildman–Crippen LogP) is 4.06. The molecule has 0 atom stereocenters. The van der Waals surface area contributed by atoms with Crippen LogP contribution in [0.4, 0.5) is 13.2 Å². The van der Waals surface area contributed by atoms with Crippen LogP contribution in [0.25, 0.3) is 10.9 Å². The van der Waals surface area contributed by atoms with Gasteiger partial charge in [-0.3, -0.25) is 9.78 Å². The van der Waals surface area contributed by atoms with Gasteiger partial charge in [0.25, 0.3) is 5.91 Å². The molecule has 1 N–H and O–H groups in total. The normalized spacial score (nSPS) is 11.3. The molecule has 26 heavy (non-hydrogen) atoms. The van der Waals surface area contributed by atoms with E-state index >= 15 is 0 Å².